The Hall–Kier alpha value is -3.47. The van der Waals surface area contributed by atoms with Crippen molar-refractivity contribution >= 4 is 11.8 Å². The van der Waals surface area contributed by atoms with Crippen LogP contribution in [0.5, 0.6) is 11.5 Å². The first kappa shape index (κ1) is 27.1. The molecule has 2 aliphatic carbocycles. The minimum atomic E-state index is -1.21. The summed E-state index contributed by atoms with van der Waals surface area (Å²) >= 11 is 0. The molecule has 39 heavy (non-hydrogen) atoms. The van der Waals surface area contributed by atoms with Crippen molar-refractivity contribution in [3.05, 3.63) is 70.6 Å². The van der Waals surface area contributed by atoms with Gasteiger partial charge >= 0.3 is 0 Å². The fourth-order valence-corrected chi connectivity index (χ4v) is 5.63. The van der Waals surface area contributed by atoms with Gasteiger partial charge in [-0.2, -0.15) is 0 Å². The van der Waals surface area contributed by atoms with Crippen LogP contribution >= 0.6 is 0 Å². The summed E-state index contributed by atoms with van der Waals surface area (Å²) < 4.78 is 25.3. The summed E-state index contributed by atoms with van der Waals surface area (Å²) in [6.45, 7) is -0.384. The van der Waals surface area contributed by atoms with Gasteiger partial charge in [-0.25, -0.2) is 4.39 Å². The second-order valence-electron chi connectivity index (χ2n) is 10.2. The predicted octanol–water partition coefficient (Wildman–Crippen LogP) is 1.78. The highest BCUT2D eigenvalue weighted by molar-refractivity contribution is 5.96. The summed E-state index contributed by atoms with van der Waals surface area (Å²) in [4.78, 5) is 28.6. The maximum atomic E-state index is 13.7. The molecular formula is C29H33FN2O7. The average molecular weight is 541 g/mol. The number of carbonyl (C=O) groups excluding carboxylic acids is 2. The van der Waals surface area contributed by atoms with Crippen molar-refractivity contribution in [2.24, 2.45) is 5.92 Å². The molecule has 1 aliphatic heterocycles. The SMILES string of the molecule is COc1cc(CO)cc2c1O[C@@H]1[C@@H](O)[C@H](N(Cc3ccc(F)cc3)C(=O)C3CCC3)C=C(C(=O)NCCO)[C@H]21. The lowest BCUT2D eigenvalue weighted by Gasteiger charge is -2.42. The Morgan fingerprint density at radius 2 is 1.90 bits per heavy atom. The monoisotopic (exact) mass is 540 g/mol. The maximum Gasteiger partial charge on any atom is 0.247 e. The standard InChI is InChI=1S/C29H33FN2O7/c1-38-23-12-17(15-34)11-20-24-21(28(36)31-9-10-33)13-22(25(35)27(24)39-26(20)23)32(29(37)18-3-2-4-18)14-16-5-7-19(30)8-6-16/h5-8,11-13,18,22,24-25,27,33-35H,2-4,9-10,14-15H2,1H3,(H,31,36)/t22-,24+,25+,27+/m1/s1. The topological polar surface area (TPSA) is 129 Å². The van der Waals surface area contributed by atoms with Crippen molar-refractivity contribution in [1.82, 2.24) is 10.2 Å². The lowest BCUT2D eigenvalue weighted by molar-refractivity contribution is -0.145. The van der Waals surface area contributed by atoms with Gasteiger partial charge in [0.05, 0.1) is 32.3 Å². The minimum Gasteiger partial charge on any atom is -0.493 e. The minimum absolute atomic E-state index is 0.0226. The molecular weight excluding hydrogens is 507 g/mol. The molecule has 1 fully saturated rings. The van der Waals surface area contributed by atoms with Gasteiger partial charge in [0, 0.05) is 30.1 Å². The number of aliphatic hydroxyl groups is 3. The third kappa shape index (κ3) is 5.11. The molecule has 0 saturated heterocycles. The number of nitrogens with zero attached hydrogens (tertiary/aromatic N) is 1. The van der Waals surface area contributed by atoms with E-state index in [2.05, 4.69) is 5.32 Å². The van der Waals surface area contributed by atoms with E-state index < -0.39 is 35.9 Å². The van der Waals surface area contributed by atoms with E-state index in [1.165, 1.54) is 19.2 Å². The Kier molecular flexibility index (Phi) is 7.88. The number of benzene rings is 2. The van der Waals surface area contributed by atoms with E-state index in [1.54, 1.807) is 35.2 Å². The number of fused-ring (bicyclic) bond motifs is 3. The van der Waals surface area contributed by atoms with Gasteiger partial charge in [0.15, 0.2) is 11.5 Å². The van der Waals surface area contributed by atoms with Gasteiger partial charge in [-0.05, 0) is 54.3 Å². The Labute approximate surface area is 225 Å². The number of aliphatic hydroxyl groups excluding tert-OH is 3. The summed E-state index contributed by atoms with van der Waals surface area (Å²) in [6, 6.07) is 8.28. The third-order valence-corrected chi connectivity index (χ3v) is 7.86. The normalized spacial score (nSPS) is 23.6. The van der Waals surface area contributed by atoms with E-state index in [-0.39, 0.29) is 43.7 Å². The van der Waals surface area contributed by atoms with Gasteiger partial charge in [-0.3, -0.25) is 9.59 Å². The van der Waals surface area contributed by atoms with E-state index in [0.717, 1.165) is 19.3 Å². The Balaban J connectivity index is 1.59. The number of hydrogen-bond acceptors (Lipinski definition) is 7. The van der Waals surface area contributed by atoms with E-state index in [4.69, 9.17) is 9.47 Å². The first-order valence-electron chi connectivity index (χ1n) is 13.2. The predicted molar refractivity (Wildman–Crippen MR) is 138 cm³/mol. The fourth-order valence-electron chi connectivity index (χ4n) is 5.63. The van der Waals surface area contributed by atoms with Crippen LogP contribution in [0.15, 0.2) is 48.0 Å². The van der Waals surface area contributed by atoms with Crippen LogP contribution in [0.25, 0.3) is 0 Å². The van der Waals surface area contributed by atoms with Gasteiger partial charge in [0.1, 0.15) is 18.0 Å². The summed E-state index contributed by atoms with van der Waals surface area (Å²) in [7, 11) is 1.47. The smallest absolute Gasteiger partial charge is 0.247 e. The van der Waals surface area contributed by atoms with E-state index in [1.807, 2.05) is 0 Å². The molecule has 0 spiro atoms. The maximum absolute atomic E-state index is 13.7. The van der Waals surface area contributed by atoms with Crippen LogP contribution in [0.3, 0.4) is 0 Å². The fraction of sp³-hybridized carbons (Fsp3) is 0.448. The number of hydrogen-bond donors (Lipinski definition) is 4. The van der Waals surface area contributed by atoms with Gasteiger partial charge < -0.3 is 35.0 Å². The van der Waals surface area contributed by atoms with Crippen molar-refractivity contribution in [2.75, 3.05) is 20.3 Å². The number of amides is 2. The van der Waals surface area contributed by atoms with Crippen molar-refractivity contribution in [3.63, 3.8) is 0 Å². The second kappa shape index (κ2) is 11.3. The van der Waals surface area contributed by atoms with Crippen LogP contribution in [0.1, 0.15) is 41.9 Å². The number of nitrogens with one attached hydrogen (secondary N) is 1. The van der Waals surface area contributed by atoms with E-state index in [9.17, 15) is 29.3 Å². The largest absolute Gasteiger partial charge is 0.493 e. The molecule has 1 heterocycles. The van der Waals surface area contributed by atoms with E-state index >= 15 is 0 Å². The molecule has 4 atom stereocenters. The highest BCUT2D eigenvalue weighted by atomic mass is 19.1. The molecule has 5 rings (SSSR count). The number of rotatable bonds is 9. The second-order valence-corrected chi connectivity index (χ2v) is 10.2. The third-order valence-electron chi connectivity index (χ3n) is 7.86. The Morgan fingerprint density at radius 1 is 1.15 bits per heavy atom. The lowest BCUT2D eigenvalue weighted by atomic mass is 9.76. The van der Waals surface area contributed by atoms with Crippen LogP contribution in [0, 0.1) is 11.7 Å². The summed E-state index contributed by atoms with van der Waals surface area (Å²) in [5.74, 6) is -1.17. The molecule has 2 amide bonds. The highest BCUT2D eigenvalue weighted by Crippen LogP contribution is 2.51. The number of ether oxygens (including phenoxy) is 2. The summed E-state index contributed by atoms with van der Waals surface area (Å²) in [5, 5.41) is 33.5. The van der Waals surface area contributed by atoms with Gasteiger partial charge in [0.2, 0.25) is 11.8 Å². The van der Waals surface area contributed by atoms with Crippen LogP contribution < -0.4 is 14.8 Å². The first-order valence-corrected chi connectivity index (χ1v) is 13.2. The van der Waals surface area contributed by atoms with Crippen LogP contribution in [0.4, 0.5) is 4.39 Å². The van der Waals surface area contributed by atoms with Crippen molar-refractivity contribution in [1.29, 1.82) is 0 Å². The molecule has 208 valence electrons. The van der Waals surface area contributed by atoms with Crippen LogP contribution in [0.2, 0.25) is 0 Å². The molecule has 0 unspecified atom stereocenters. The number of carbonyl (C=O) groups is 2. The molecule has 10 heteroatoms. The molecule has 2 aromatic rings. The first-order chi connectivity index (χ1) is 18.9. The van der Waals surface area contributed by atoms with Crippen molar-refractivity contribution < 1.29 is 38.8 Å². The molecule has 9 nitrogen and oxygen atoms in total. The Bertz CT molecular complexity index is 1260. The average Bonchev–Trinajstić information content (AvgIpc) is 3.30. The zero-order chi connectivity index (χ0) is 27.7. The van der Waals surface area contributed by atoms with Crippen molar-refractivity contribution in [2.45, 2.75) is 56.6 Å². The molecule has 3 aliphatic rings. The van der Waals surface area contributed by atoms with Gasteiger partial charge in [-0.1, -0.05) is 18.6 Å². The summed E-state index contributed by atoms with van der Waals surface area (Å²) in [5.41, 5.74) is 2.11. The molecule has 0 radical (unpaired) electrons. The van der Waals surface area contributed by atoms with Crippen LogP contribution in [-0.2, 0) is 22.7 Å². The number of halogens is 1. The zero-order valence-corrected chi connectivity index (χ0v) is 21.7. The Morgan fingerprint density at radius 3 is 2.51 bits per heavy atom. The molecule has 2 aromatic carbocycles. The van der Waals surface area contributed by atoms with Gasteiger partial charge in [0.25, 0.3) is 0 Å². The molecule has 0 aromatic heterocycles. The quantitative estimate of drug-likeness (QED) is 0.382. The highest BCUT2D eigenvalue weighted by Gasteiger charge is 2.52. The number of methoxy groups -OCH3 is 1. The molecule has 4 N–H and O–H groups in total. The lowest BCUT2D eigenvalue weighted by Crippen LogP contribution is -2.56. The van der Waals surface area contributed by atoms with Crippen LogP contribution in [-0.4, -0.2) is 70.5 Å². The molecule has 0 bridgehead atoms. The zero-order valence-electron chi connectivity index (χ0n) is 21.7. The van der Waals surface area contributed by atoms with E-state index in [0.29, 0.717) is 28.2 Å². The van der Waals surface area contributed by atoms with Gasteiger partial charge in [-0.15, -0.1) is 0 Å². The molecule has 1 saturated carbocycles. The van der Waals surface area contributed by atoms with Crippen molar-refractivity contribution in [3.8, 4) is 11.5 Å². The summed E-state index contributed by atoms with van der Waals surface area (Å²) in [6.07, 6.45) is 1.90.